The van der Waals surface area contributed by atoms with Gasteiger partial charge in [-0.1, -0.05) is 6.92 Å². The van der Waals surface area contributed by atoms with Gasteiger partial charge in [-0.15, -0.1) is 0 Å². The summed E-state index contributed by atoms with van der Waals surface area (Å²) in [4.78, 5) is 10.7. The highest BCUT2D eigenvalue weighted by atomic mass is 16.6. The van der Waals surface area contributed by atoms with E-state index in [1.165, 1.54) is 0 Å². The summed E-state index contributed by atoms with van der Waals surface area (Å²) < 4.78 is 4.98. The standard InChI is InChI=1S/C7H13NO2/c1-4-5-7(2,3)8-6(9)10-5/h5H,4H2,1-3H3,(H,8,9). The number of rotatable bonds is 1. The van der Waals surface area contributed by atoms with Crippen molar-refractivity contribution in [1.82, 2.24) is 5.32 Å². The molecule has 1 aliphatic rings. The molecule has 1 atom stereocenters. The second kappa shape index (κ2) is 2.15. The second-order valence-electron chi connectivity index (χ2n) is 3.15. The van der Waals surface area contributed by atoms with Gasteiger partial charge in [0.2, 0.25) is 0 Å². The minimum absolute atomic E-state index is 0.0278. The molecule has 1 rings (SSSR count). The van der Waals surface area contributed by atoms with Crippen molar-refractivity contribution in [2.75, 3.05) is 0 Å². The molecule has 0 spiro atoms. The van der Waals surface area contributed by atoms with Crippen LogP contribution in [0.2, 0.25) is 0 Å². The van der Waals surface area contributed by atoms with Crippen LogP contribution in [0, 0.1) is 0 Å². The molecule has 0 aliphatic carbocycles. The summed E-state index contributed by atoms with van der Waals surface area (Å²) in [5.41, 5.74) is -0.189. The Labute approximate surface area is 60.7 Å². The summed E-state index contributed by atoms with van der Waals surface area (Å²) in [5.74, 6) is 0. The van der Waals surface area contributed by atoms with Crippen molar-refractivity contribution in [2.45, 2.75) is 38.8 Å². The Bertz CT molecular complexity index is 154. The summed E-state index contributed by atoms with van der Waals surface area (Å²) in [5, 5.41) is 2.73. The first-order valence-corrected chi connectivity index (χ1v) is 3.55. The topological polar surface area (TPSA) is 38.3 Å². The molecule has 3 heteroatoms. The molecular weight excluding hydrogens is 130 g/mol. The lowest BCUT2D eigenvalue weighted by atomic mass is 9.97. The molecule has 1 N–H and O–H groups in total. The van der Waals surface area contributed by atoms with Crippen LogP contribution in [0.15, 0.2) is 0 Å². The molecule has 1 fully saturated rings. The third-order valence-corrected chi connectivity index (χ3v) is 1.85. The number of amides is 1. The van der Waals surface area contributed by atoms with Crippen molar-refractivity contribution >= 4 is 6.09 Å². The first-order chi connectivity index (χ1) is 4.56. The van der Waals surface area contributed by atoms with E-state index in [1.807, 2.05) is 20.8 Å². The molecule has 1 heterocycles. The van der Waals surface area contributed by atoms with Gasteiger partial charge in [0.25, 0.3) is 0 Å². The van der Waals surface area contributed by atoms with Gasteiger partial charge in [0.1, 0.15) is 6.10 Å². The number of hydrogen-bond donors (Lipinski definition) is 1. The lowest BCUT2D eigenvalue weighted by Gasteiger charge is -2.21. The molecule has 0 aromatic rings. The molecule has 10 heavy (non-hydrogen) atoms. The van der Waals surface area contributed by atoms with Crippen molar-refractivity contribution in [3.8, 4) is 0 Å². The highest BCUT2D eigenvalue weighted by Gasteiger charge is 2.39. The number of carbonyl (C=O) groups excluding carboxylic acids is 1. The molecule has 0 radical (unpaired) electrons. The van der Waals surface area contributed by atoms with Crippen molar-refractivity contribution < 1.29 is 9.53 Å². The van der Waals surface area contributed by atoms with E-state index in [2.05, 4.69) is 5.32 Å². The highest BCUT2D eigenvalue weighted by molar-refractivity contribution is 5.71. The lowest BCUT2D eigenvalue weighted by molar-refractivity contribution is 0.114. The van der Waals surface area contributed by atoms with Crippen molar-refractivity contribution in [3.05, 3.63) is 0 Å². The first kappa shape index (κ1) is 7.38. The van der Waals surface area contributed by atoms with Gasteiger partial charge in [-0.25, -0.2) is 4.79 Å². The van der Waals surface area contributed by atoms with E-state index in [9.17, 15) is 4.79 Å². The molecule has 1 saturated heterocycles. The number of carbonyl (C=O) groups is 1. The normalized spacial score (nSPS) is 29.5. The zero-order valence-electron chi connectivity index (χ0n) is 6.60. The van der Waals surface area contributed by atoms with Crippen LogP contribution < -0.4 is 5.32 Å². The number of cyclic esters (lactones) is 1. The third-order valence-electron chi connectivity index (χ3n) is 1.85. The monoisotopic (exact) mass is 143 g/mol. The van der Waals surface area contributed by atoms with E-state index < -0.39 is 0 Å². The Kier molecular flexibility index (Phi) is 1.58. The maximum atomic E-state index is 10.7. The smallest absolute Gasteiger partial charge is 0.408 e. The van der Waals surface area contributed by atoms with Crippen LogP contribution in [0.3, 0.4) is 0 Å². The predicted molar refractivity (Wildman–Crippen MR) is 37.8 cm³/mol. The van der Waals surface area contributed by atoms with Crippen molar-refractivity contribution in [1.29, 1.82) is 0 Å². The SMILES string of the molecule is CCC1OC(=O)NC1(C)C. The highest BCUT2D eigenvalue weighted by Crippen LogP contribution is 2.21. The minimum atomic E-state index is -0.295. The predicted octanol–water partition coefficient (Wildman–Crippen LogP) is 1.28. The van der Waals surface area contributed by atoms with E-state index in [0.29, 0.717) is 0 Å². The molecule has 1 unspecified atom stereocenters. The molecular formula is C7H13NO2. The third kappa shape index (κ3) is 1.08. The summed E-state index contributed by atoms with van der Waals surface area (Å²) in [6.45, 7) is 5.94. The van der Waals surface area contributed by atoms with Gasteiger partial charge in [-0.2, -0.15) is 0 Å². The molecule has 0 bridgehead atoms. The lowest BCUT2D eigenvalue weighted by Crippen LogP contribution is -2.41. The Hall–Kier alpha value is -0.730. The molecule has 1 aliphatic heterocycles. The Morgan fingerprint density at radius 2 is 2.30 bits per heavy atom. The van der Waals surface area contributed by atoms with Crippen LogP contribution in [-0.4, -0.2) is 17.7 Å². The molecule has 58 valence electrons. The average molecular weight is 143 g/mol. The zero-order chi connectivity index (χ0) is 7.78. The van der Waals surface area contributed by atoms with Gasteiger partial charge in [-0.3, -0.25) is 0 Å². The maximum absolute atomic E-state index is 10.7. The van der Waals surface area contributed by atoms with Gasteiger partial charge in [-0.05, 0) is 20.3 Å². The molecule has 0 saturated carbocycles. The van der Waals surface area contributed by atoms with Gasteiger partial charge >= 0.3 is 6.09 Å². The zero-order valence-corrected chi connectivity index (χ0v) is 6.60. The number of alkyl carbamates (subject to hydrolysis) is 1. The fraction of sp³-hybridized carbons (Fsp3) is 0.857. The fourth-order valence-electron chi connectivity index (χ4n) is 1.24. The Morgan fingerprint density at radius 3 is 2.50 bits per heavy atom. The van der Waals surface area contributed by atoms with E-state index in [1.54, 1.807) is 0 Å². The van der Waals surface area contributed by atoms with Gasteiger partial charge in [0.05, 0.1) is 5.54 Å². The first-order valence-electron chi connectivity index (χ1n) is 3.55. The average Bonchev–Trinajstić information content (AvgIpc) is 2.04. The van der Waals surface area contributed by atoms with Crippen LogP contribution in [0.4, 0.5) is 4.79 Å². The largest absolute Gasteiger partial charge is 0.444 e. The van der Waals surface area contributed by atoms with E-state index in [0.717, 1.165) is 6.42 Å². The summed E-state index contributed by atoms with van der Waals surface area (Å²) >= 11 is 0. The quantitative estimate of drug-likeness (QED) is 0.600. The minimum Gasteiger partial charge on any atom is -0.444 e. The fourth-order valence-corrected chi connectivity index (χ4v) is 1.24. The molecule has 1 amide bonds. The molecule has 0 aromatic heterocycles. The van der Waals surface area contributed by atoms with Crippen LogP contribution >= 0.6 is 0 Å². The Morgan fingerprint density at radius 1 is 1.70 bits per heavy atom. The number of nitrogens with one attached hydrogen (secondary N) is 1. The maximum Gasteiger partial charge on any atom is 0.408 e. The van der Waals surface area contributed by atoms with Crippen LogP contribution in [0.1, 0.15) is 27.2 Å². The summed E-state index contributed by atoms with van der Waals surface area (Å²) in [6, 6.07) is 0. The number of ether oxygens (including phenoxy) is 1. The van der Waals surface area contributed by atoms with Gasteiger partial charge in [0.15, 0.2) is 0 Å². The van der Waals surface area contributed by atoms with Crippen molar-refractivity contribution in [2.24, 2.45) is 0 Å². The molecule has 3 nitrogen and oxygen atoms in total. The van der Waals surface area contributed by atoms with Gasteiger partial charge < -0.3 is 10.1 Å². The van der Waals surface area contributed by atoms with E-state index >= 15 is 0 Å². The Balaban J connectivity index is 2.67. The molecule has 0 aromatic carbocycles. The van der Waals surface area contributed by atoms with E-state index in [-0.39, 0.29) is 17.7 Å². The van der Waals surface area contributed by atoms with Crippen LogP contribution in [-0.2, 0) is 4.74 Å². The summed E-state index contributed by atoms with van der Waals surface area (Å²) in [6.07, 6.45) is 0.600. The van der Waals surface area contributed by atoms with E-state index in [4.69, 9.17) is 4.74 Å². The second-order valence-corrected chi connectivity index (χ2v) is 3.15. The number of hydrogen-bond acceptors (Lipinski definition) is 2. The van der Waals surface area contributed by atoms with Crippen molar-refractivity contribution in [3.63, 3.8) is 0 Å². The summed E-state index contributed by atoms with van der Waals surface area (Å²) in [7, 11) is 0. The van der Waals surface area contributed by atoms with Crippen LogP contribution in [0.25, 0.3) is 0 Å². The van der Waals surface area contributed by atoms with Gasteiger partial charge in [0, 0.05) is 0 Å². The van der Waals surface area contributed by atoms with Crippen LogP contribution in [0.5, 0.6) is 0 Å².